The highest BCUT2D eigenvalue weighted by Gasteiger charge is 2.36. The lowest BCUT2D eigenvalue weighted by molar-refractivity contribution is -0.159. The van der Waals surface area contributed by atoms with Crippen LogP contribution in [-0.2, 0) is 9.53 Å². The molecule has 2 fully saturated rings. The van der Waals surface area contributed by atoms with Gasteiger partial charge in [-0.1, -0.05) is 12.8 Å². The monoisotopic (exact) mass is 239 g/mol. The van der Waals surface area contributed by atoms with Gasteiger partial charge in [0, 0.05) is 6.04 Å². The molecule has 0 bridgehead atoms. The van der Waals surface area contributed by atoms with E-state index < -0.39 is 0 Å². The van der Waals surface area contributed by atoms with Crippen LogP contribution in [0.4, 0.5) is 0 Å². The number of esters is 1. The van der Waals surface area contributed by atoms with Gasteiger partial charge in [0.2, 0.25) is 0 Å². The number of carbonyl (C=O) groups is 1. The molecule has 1 saturated heterocycles. The summed E-state index contributed by atoms with van der Waals surface area (Å²) in [5.41, 5.74) is -0.373. The first-order chi connectivity index (χ1) is 7.96. The number of piperidine rings is 1. The standard InChI is InChI=1S/C14H25NO2/c1-14(2,3)17-13(16)12-9-8-10-6-4-5-7-11(10)15-12/h10-12,15H,4-9H2,1-3H3. The fourth-order valence-electron chi connectivity index (χ4n) is 3.05. The average molecular weight is 239 g/mol. The van der Waals surface area contributed by atoms with Gasteiger partial charge in [0.15, 0.2) is 0 Å². The molecule has 3 unspecified atom stereocenters. The smallest absolute Gasteiger partial charge is 0.323 e. The van der Waals surface area contributed by atoms with Gasteiger partial charge >= 0.3 is 5.97 Å². The molecule has 0 spiro atoms. The first-order valence-corrected chi connectivity index (χ1v) is 6.94. The number of hydrogen-bond donors (Lipinski definition) is 1. The molecule has 0 amide bonds. The Kier molecular flexibility index (Phi) is 3.76. The minimum absolute atomic E-state index is 0.0680. The third kappa shape index (κ3) is 3.44. The van der Waals surface area contributed by atoms with Gasteiger partial charge < -0.3 is 10.1 Å². The number of rotatable bonds is 1. The van der Waals surface area contributed by atoms with E-state index in [1.54, 1.807) is 0 Å². The van der Waals surface area contributed by atoms with Crippen LogP contribution in [0.1, 0.15) is 59.3 Å². The number of carbonyl (C=O) groups excluding carboxylic acids is 1. The van der Waals surface area contributed by atoms with Crippen LogP contribution in [0.2, 0.25) is 0 Å². The van der Waals surface area contributed by atoms with Crippen LogP contribution < -0.4 is 5.32 Å². The summed E-state index contributed by atoms with van der Waals surface area (Å²) >= 11 is 0. The van der Waals surface area contributed by atoms with Gasteiger partial charge in [-0.25, -0.2) is 0 Å². The second kappa shape index (κ2) is 4.97. The molecule has 1 heterocycles. The molecule has 0 aromatic heterocycles. The van der Waals surface area contributed by atoms with Crippen LogP contribution in [0.3, 0.4) is 0 Å². The third-order valence-corrected chi connectivity index (χ3v) is 3.84. The quantitative estimate of drug-likeness (QED) is 0.715. The fraction of sp³-hybridized carbons (Fsp3) is 0.929. The summed E-state index contributed by atoms with van der Waals surface area (Å²) in [5, 5.41) is 3.50. The molecule has 1 aliphatic carbocycles. The Morgan fingerprint density at radius 3 is 2.53 bits per heavy atom. The van der Waals surface area contributed by atoms with E-state index in [1.807, 2.05) is 20.8 Å². The fourth-order valence-corrected chi connectivity index (χ4v) is 3.05. The van der Waals surface area contributed by atoms with Gasteiger partial charge in [-0.15, -0.1) is 0 Å². The van der Waals surface area contributed by atoms with E-state index in [0.717, 1.165) is 12.3 Å². The summed E-state index contributed by atoms with van der Waals surface area (Å²) in [6.07, 6.45) is 7.34. The Labute approximate surface area is 104 Å². The maximum Gasteiger partial charge on any atom is 0.323 e. The largest absolute Gasteiger partial charge is 0.459 e. The van der Waals surface area contributed by atoms with Crippen molar-refractivity contribution in [2.24, 2.45) is 5.92 Å². The summed E-state index contributed by atoms with van der Waals surface area (Å²) in [7, 11) is 0. The molecule has 2 aliphatic rings. The molecule has 0 aromatic rings. The number of fused-ring (bicyclic) bond motifs is 1. The zero-order chi connectivity index (χ0) is 12.5. The first kappa shape index (κ1) is 12.9. The molecule has 3 atom stereocenters. The summed E-state index contributed by atoms with van der Waals surface area (Å²) in [6.45, 7) is 5.78. The molecular weight excluding hydrogens is 214 g/mol. The van der Waals surface area contributed by atoms with Crippen molar-refractivity contribution in [3.05, 3.63) is 0 Å². The van der Waals surface area contributed by atoms with E-state index in [0.29, 0.717) is 6.04 Å². The lowest BCUT2D eigenvalue weighted by atomic mass is 9.78. The molecule has 98 valence electrons. The normalized spacial score (nSPS) is 33.9. The van der Waals surface area contributed by atoms with Crippen LogP contribution in [0.25, 0.3) is 0 Å². The molecule has 3 heteroatoms. The Morgan fingerprint density at radius 1 is 1.12 bits per heavy atom. The predicted octanol–water partition coefficient (Wildman–Crippen LogP) is 2.64. The van der Waals surface area contributed by atoms with Gasteiger partial charge in [0.05, 0.1) is 0 Å². The Balaban J connectivity index is 1.89. The van der Waals surface area contributed by atoms with E-state index in [4.69, 9.17) is 4.74 Å². The molecule has 1 aliphatic heterocycles. The molecule has 1 N–H and O–H groups in total. The first-order valence-electron chi connectivity index (χ1n) is 6.94. The maximum atomic E-state index is 12.0. The molecular formula is C14H25NO2. The van der Waals surface area contributed by atoms with E-state index in [1.165, 1.54) is 32.1 Å². The number of nitrogens with one attached hydrogen (secondary N) is 1. The van der Waals surface area contributed by atoms with Crippen molar-refractivity contribution in [2.75, 3.05) is 0 Å². The highest BCUT2D eigenvalue weighted by molar-refractivity contribution is 5.76. The predicted molar refractivity (Wildman–Crippen MR) is 67.7 cm³/mol. The van der Waals surface area contributed by atoms with Crippen LogP contribution in [0.5, 0.6) is 0 Å². The van der Waals surface area contributed by atoms with E-state index in [2.05, 4.69) is 5.32 Å². The second-order valence-corrected chi connectivity index (χ2v) is 6.48. The van der Waals surface area contributed by atoms with Crippen molar-refractivity contribution in [1.29, 1.82) is 0 Å². The minimum atomic E-state index is -0.373. The lowest BCUT2D eigenvalue weighted by Crippen LogP contribution is -2.53. The van der Waals surface area contributed by atoms with Gasteiger partial charge in [-0.2, -0.15) is 0 Å². The molecule has 3 nitrogen and oxygen atoms in total. The number of hydrogen-bond acceptors (Lipinski definition) is 3. The van der Waals surface area contributed by atoms with Crippen LogP contribution in [-0.4, -0.2) is 23.7 Å². The minimum Gasteiger partial charge on any atom is -0.459 e. The van der Waals surface area contributed by atoms with E-state index in [-0.39, 0.29) is 17.6 Å². The zero-order valence-electron chi connectivity index (χ0n) is 11.3. The second-order valence-electron chi connectivity index (χ2n) is 6.48. The van der Waals surface area contributed by atoms with Crippen molar-refractivity contribution in [2.45, 2.75) is 77.0 Å². The summed E-state index contributed by atoms with van der Waals surface area (Å²) in [4.78, 5) is 12.0. The van der Waals surface area contributed by atoms with Crippen molar-refractivity contribution in [1.82, 2.24) is 5.32 Å². The van der Waals surface area contributed by atoms with E-state index in [9.17, 15) is 4.79 Å². The van der Waals surface area contributed by atoms with Crippen molar-refractivity contribution >= 4 is 5.97 Å². The Hall–Kier alpha value is -0.570. The van der Waals surface area contributed by atoms with Crippen molar-refractivity contribution in [3.63, 3.8) is 0 Å². The van der Waals surface area contributed by atoms with E-state index >= 15 is 0 Å². The molecule has 17 heavy (non-hydrogen) atoms. The SMILES string of the molecule is CC(C)(C)OC(=O)C1CCC2CCCCC2N1. The third-order valence-electron chi connectivity index (χ3n) is 3.84. The summed E-state index contributed by atoms with van der Waals surface area (Å²) in [6, 6.07) is 0.476. The topological polar surface area (TPSA) is 38.3 Å². The van der Waals surface area contributed by atoms with Gasteiger partial charge in [-0.3, -0.25) is 4.79 Å². The summed E-state index contributed by atoms with van der Waals surface area (Å²) in [5.74, 6) is 0.726. The Bertz CT molecular complexity index is 282. The summed E-state index contributed by atoms with van der Waals surface area (Å²) < 4.78 is 5.46. The molecule has 1 saturated carbocycles. The van der Waals surface area contributed by atoms with Crippen LogP contribution in [0.15, 0.2) is 0 Å². The van der Waals surface area contributed by atoms with Crippen molar-refractivity contribution < 1.29 is 9.53 Å². The lowest BCUT2D eigenvalue weighted by Gasteiger charge is -2.40. The zero-order valence-corrected chi connectivity index (χ0v) is 11.3. The van der Waals surface area contributed by atoms with Gasteiger partial charge in [-0.05, 0) is 52.4 Å². The highest BCUT2D eigenvalue weighted by Crippen LogP contribution is 2.32. The Morgan fingerprint density at radius 2 is 1.82 bits per heavy atom. The van der Waals surface area contributed by atoms with Crippen LogP contribution >= 0.6 is 0 Å². The van der Waals surface area contributed by atoms with Crippen molar-refractivity contribution in [3.8, 4) is 0 Å². The molecule has 2 rings (SSSR count). The van der Waals surface area contributed by atoms with Crippen LogP contribution in [0, 0.1) is 5.92 Å². The highest BCUT2D eigenvalue weighted by atomic mass is 16.6. The maximum absolute atomic E-state index is 12.0. The molecule has 0 aromatic carbocycles. The van der Waals surface area contributed by atoms with Gasteiger partial charge in [0.25, 0.3) is 0 Å². The number of ether oxygens (including phenoxy) is 1. The average Bonchev–Trinajstić information content (AvgIpc) is 2.26. The molecule has 0 radical (unpaired) electrons. The van der Waals surface area contributed by atoms with Gasteiger partial charge in [0.1, 0.15) is 11.6 Å².